The zero-order valence-corrected chi connectivity index (χ0v) is 8.43. The van der Waals surface area contributed by atoms with Gasteiger partial charge in [-0.15, -0.1) is 0 Å². The lowest BCUT2D eigenvalue weighted by Gasteiger charge is -2.05. The summed E-state index contributed by atoms with van der Waals surface area (Å²) in [5.74, 6) is -0.0433. The number of primary amides is 1. The molecule has 0 aliphatic rings. The highest BCUT2D eigenvalue weighted by Gasteiger charge is 2.01. The molecule has 4 nitrogen and oxygen atoms in total. The molecule has 0 bridgehead atoms. The summed E-state index contributed by atoms with van der Waals surface area (Å²) in [6.07, 6.45) is 2.81. The first-order valence-corrected chi connectivity index (χ1v) is 4.57. The number of hydrogen-bond acceptors (Lipinski definition) is 3. The van der Waals surface area contributed by atoms with Crippen molar-refractivity contribution < 1.29 is 14.6 Å². The molecule has 15 heavy (non-hydrogen) atoms. The Hall–Kier alpha value is -1.97. The molecule has 0 radical (unpaired) electrons. The Kier molecular flexibility index (Phi) is 3.74. The van der Waals surface area contributed by atoms with Crippen LogP contribution in [0.25, 0.3) is 6.08 Å². The summed E-state index contributed by atoms with van der Waals surface area (Å²) in [6.45, 7) is 2.29. The van der Waals surface area contributed by atoms with Crippen molar-refractivity contribution in [1.29, 1.82) is 0 Å². The van der Waals surface area contributed by atoms with Gasteiger partial charge in [0.25, 0.3) is 0 Å². The molecule has 3 N–H and O–H groups in total. The van der Waals surface area contributed by atoms with Crippen LogP contribution in [0.5, 0.6) is 11.5 Å². The van der Waals surface area contributed by atoms with Crippen molar-refractivity contribution in [2.75, 3.05) is 6.61 Å². The number of phenolic OH excluding ortho intramolecular Hbond substituents is 1. The third kappa shape index (κ3) is 3.34. The van der Waals surface area contributed by atoms with E-state index in [1.807, 2.05) is 6.92 Å². The van der Waals surface area contributed by atoms with Gasteiger partial charge in [-0.1, -0.05) is 6.07 Å². The number of rotatable bonds is 4. The Balaban J connectivity index is 2.91. The van der Waals surface area contributed by atoms with E-state index in [1.165, 1.54) is 12.1 Å². The van der Waals surface area contributed by atoms with E-state index in [0.29, 0.717) is 12.4 Å². The summed E-state index contributed by atoms with van der Waals surface area (Å²) in [7, 11) is 0. The number of aromatic hydroxyl groups is 1. The van der Waals surface area contributed by atoms with Crippen molar-refractivity contribution in [3.05, 3.63) is 29.8 Å². The number of amides is 1. The maximum Gasteiger partial charge on any atom is 0.241 e. The average molecular weight is 207 g/mol. The largest absolute Gasteiger partial charge is 0.504 e. The summed E-state index contributed by atoms with van der Waals surface area (Å²) in [5.41, 5.74) is 5.71. The highest BCUT2D eigenvalue weighted by Crippen LogP contribution is 2.27. The Bertz CT molecular complexity index is 385. The third-order valence-corrected chi connectivity index (χ3v) is 1.72. The fourth-order valence-corrected chi connectivity index (χ4v) is 1.08. The van der Waals surface area contributed by atoms with E-state index in [0.717, 1.165) is 5.56 Å². The Morgan fingerprint density at radius 3 is 2.93 bits per heavy atom. The minimum atomic E-state index is -0.513. The predicted molar refractivity (Wildman–Crippen MR) is 57.5 cm³/mol. The van der Waals surface area contributed by atoms with Gasteiger partial charge < -0.3 is 15.6 Å². The van der Waals surface area contributed by atoms with E-state index >= 15 is 0 Å². The number of carbonyl (C=O) groups excluding carboxylic acids is 1. The van der Waals surface area contributed by atoms with Crippen LogP contribution < -0.4 is 10.5 Å². The third-order valence-electron chi connectivity index (χ3n) is 1.72. The van der Waals surface area contributed by atoms with E-state index in [2.05, 4.69) is 0 Å². The molecule has 0 atom stereocenters. The summed E-state index contributed by atoms with van der Waals surface area (Å²) in [4.78, 5) is 10.5. The fraction of sp³-hybridized carbons (Fsp3) is 0.182. The summed E-state index contributed by atoms with van der Waals surface area (Å²) in [6, 6.07) is 4.81. The van der Waals surface area contributed by atoms with Crippen LogP contribution in [0, 0.1) is 0 Å². The molecule has 0 fully saturated rings. The van der Waals surface area contributed by atoms with E-state index < -0.39 is 5.91 Å². The molecule has 0 spiro atoms. The lowest BCUT2D eigenvalue weighted by molar-refractivity contribution is -0.113. The summed E-state index contributed by atoms with van der Waals surface area (Å²) < 4.78 is 5.18. The van der Waals surface area contributed by atoms with Crippen LogP contribution in [-0.4, -0.2) is 17.6 Å². The molecule has 1 aromatic carbocycles. The number of nitrogens with two attached hydrogens (primary N) is 1. The molecule has 0 aliphatic carbocycles. The van der Waals surface area contributed by atoms with Gasteiger partial charge in [0.1, 0.15) is 0 Å². The summed E-state index contributed by atoms with van der Waals surface area (Å²) >= 11 is 0. The normalized spacial score (nSPS) is 10.5. The van der Waals surface area contributed by atoms with Crippen LogP contribution in [-0.2, 0) is 4.79 Å². The van der Waals surface area contributed by atoms with Gasteiger partial charge in [0.15, 0.2) is 11.5 Å². The van der Waals surface area contributed by atoms with Gasteiger partial charge in [0.05, 0.1) is 6.61 Å². The first kappa shape index (κ1) is 11.1. The standard InChI is InChI=1S/C11H13NO3/c1-2-15-10-7-8(3-5-9(10)13)4-6-11(12)14/h3-7,13H,2H2,1H3,(H2,12,14)/b6-4-. The van der Waals surface area contributed by atoms with Crippen LogP contribution in [0.1, 0.15) is 12.5 Å². The second kappa shape index (κ2) is 5.05. The van der Waals surface area contributed by atoms with Gasteiger partial charge in [-0.3, -0.25) is 4.79 Å². The van der Waals surface area contributed by atoms with Gasteiger partial charge in [0.2, 0.25) is 5.91 Å². The van der Waals surface area contributed by atoms with Crippen molar-refractivity contribution in [1.82, 2.24) is 0 Å². The van der Waals surface area contributed by atoms with Gasteiger partial charge >= 0.3 is 0 Å². The highest BCUT2D eigenvalue weighted by atomic mass is 16.5. The molecular weight excluding hydrogens is 194 g/mol. The molecule has 1 aromatic rings. The first-order valence-electron chi connectivity index (χ1n) is 4.57. The van der Waals surface area contributed by atoms with Gasteiger partial charge in [-0.2, -0.15) is 0 Å². The van der Waals surface area contributed by atoms with E-state index in [-0.39, 0.29) is 5.75 Å². The number of ether oxygens (including phenoxy) is 1. The Labute approximate surface area is 88.0 Å². The first-order chi connectivity index (χ1) is 7.13. The molecule has 0 heterocycles. The van der Waals surface area contributed by atoms with Gasteiger partial charge in [0, 0.05) is 6.08 Å². The molecule has 0 aliphatic heterocycles. The lowest BCUT2D eigenvalue weighted by Crippen LogP contribution is -2.05. The zero-order valence-electron chi connectivity index (χ0n) is 8.43. The smallest absolute Gasteiger partial charge is 0.241 e. The quantitative estimate of drug-likeness (QED) is 0.730. The van der Waals surface area contributed by atoms with Crippen molar-refractivity contribution in [2.24, 2.45) is 5.73 Å². The number of benzene rings is 1. The highest BCUT2D eigenvalue weighted by molar-refractivity contribution is 5.90. The molecule has 1 amide bonds. The molecule has 1 rings (SSSR count). The SMILES string of the molecule is CCOc1cc(/C=C\C(N)=O)ccc1O. The Morgan fingerprint density at radius 2 is 2.33 bits per heavy atom. The van der Waals surface area contributed by atoms with Crippen LogP contribution in [0.4, 0.5) is 0 Å². The summed E-state index contributed by atoms with van der Waals surface area (Å²) in [5, 5.41) is 9.40. The van der Waals surface area contributed by atoms with Gasteiger partial charge in [-0.25, -0.2) is 0 Å². The van der Waals surface area contributed by atoms with Crippen LogP contribution in [0.2, 0.25) is 0 Å². The van der Waals surface area contributed by atoms with Crippen molar-refractivity contribution in [3.63, 3.8) is 0 Å². The number of phenols is 1. The predicted octanol–water partition coefficient (Wildman–Crippen LogP) is 1.29. The van der Waals surface area contributed by atoms with Crippen LogP contribution in [0.3, 0.4) is 0 Å². The van der Waals surface area contributed by atoms with Crippen LogP contribution >= 0.6 is 0 Å². The maximum atomic E-state index is 10.5. The minimum absolute atomic E-state index is 0.0769. The second-order valence-corrected chi connectivity index (χ2v) is 2.90. The fourth-order valence-electron chi connectivity index (χ4n) is 1.08. The van der Waals surface area contributed by atoms with E-state index in [1.54, 1.807) is 18.2 Å². The average Bonchev–Trinajstić information content (AvgIpc) is 2.19. The van der Waals surface area contributed by atoms with Gasteiger partial charge in [-0.05, 0) is 30.7 Å². The number of hydrogen-bond donors (Lipinski definition) is 2. The van der Waals surface area contributed by atoms with Crippen LogP contribution in [0.15, 0.2) is 24.3 Å². The van der Waals surface area contributed by atoms with Crippen molar-refractivity contribution >= 4 is 12.0 Å². The van der Waals surface area contributed by atoms with Crippen molar-refractivity contribution in [2.45, 2.75) is 6.92 Å². The molecule has 0 saturated carbocycles. The minimum Gasteiger partial charge on any atom is -0.504 e. The molecule has 0 saturated heterocycles. The maximum absolute atomic E-state index is 10.5. The molecule has 80 valence electrons. The molecule has 4 heteroatoms. The lowest BCUT2D eigenvalue weighted by atomic mass is 10.2. The van der Waals surface area contributed by atoms with E-state index in [4.69, 9.17) is 10.5 Å². The topological polar surface area (TPSA) is 72.5 Å². The molecular formula is C11H13NO3. The zero-order chi connectivity index (χ0) is 11.3. The van der Waals surface area contributed by atoms with E-state index in [9.17, 15) is 9.90 Å². The molecule has 0 aromatic heterocycles. The molecule has 0 unspecified atom stereocenters. The Morgan fingerprint density at radius 1 is 1.60 bits per heavy atom. The van der Waals surface area contributed by atoms with Crippen molar-refractivity contribution in [3.8, 4) is 11.5 Å². The number of carbonyl (C=O) groups is 1. The second-order valence-electron chi connectivity index (χ2n) is 2.90. The monoisotopic (exact) mass is 207 g/mol.